The number of nitrogens with two attached hydrogens (primary N) is 1. The van der Waals surface area contributed by atoms with Gasteiger partial charge in [-0.1, -0.05) is 49.2 Å². The summed E-state index contributed by atoms with van der Waals surface area (Å²) in [6.07, 6.45) is 3.78. The number of amides is 1. The van der Waals surface area contributed by atoms with Crippen molar-refractivity contribution in [2.45, 2.75) is 42.7 Å². The van der Waals surface area contributed by atoms with Gasteiger partial charge < -0.3 is 11.1 Å². The molecule has 0 heterocycles. The smallest absolute Gasteiger partial charge is 0.251 e. The van der Waals surface area contributed by atoms with Crippen LogP contribution in [0.4, 0.5) is 0 Å². The average molecular weight is 388 g/mol. The van der Waals surface area contributed by atoms with Crippen LogP contribution in [0.1, 0.15) is 41.6 Å². The molecule has 1 fully saturated rings. The third kappa shape index (κ3) is 4.74. The summed E-state index contributed by atoms with van der Waals surface area (Å²) in [7, 11) is -3.72. The fourth-order valence-electron chi connectivity index (χ4n) is 3.41. The first-order valence-corrected chi connectivity index (χ1v) is 10.6. The Kier molecular flexibility index (Phi) is 5.94. The summed E-state index contributed by atoms with van der Waals surface area (Å²) in [5.74, 6) is -0.289. The van der Waals surface area contributed by atoms with E-state index in [0.29, 0.717) is 12.1 Å². The van der Waals surface area contributed by atoms with Crippen LogP contribution in [0, 0.1) is 0 Å². The summed E-state index contributed by atoms with van der Waals surface area (Å²) < 4.78 is 27.7. The standard InChI is InChI=1S/C20H25N3O3S/c21-15-20(11-4-5-12-20)23-19(24)17-9-6-10-18(13-17)27(25,26)22-14-16-7-2-1-3-8-16/h1-3,6-10,13,22H,4-5,11-12,14-15,21H2,(H,23,24). The number of carbonyl (C=O) groups excluding carboxylic acids is 1. The van der Waals surface area contributed by atoms with Crippen molar-refractivity contribution in [1.29, 1.82) is 0 Å². The van der Waals surface area contributed by atoms with Gasteiger partial charge in [0.2, 0.25) is 10.0 Å². The SMILES string of the molecule is NCC1(NC(=O)c2cccc(S(=O)(=O)NCc3ccccc3)c2)CCCC1. The molecule has 0 aliphatic heterocycles. The summed E-state index contributed by atoms with van der Waals surface area (Å²) in [5.41, 5.74) is 6.67. The Morgan fingerprint density at radius 1 is 1.04 bits per heavy atom. The fourth-order valence-corrected chi connectivity index (χ4v) is 4.47. The van der Waals surface area contributed by atoms with Crippen molar-refractivity contribution in [3.63, 3.8) is 0 Å². The van der Waals surface area contributed by atoms with Crippen molar-refractivity contribution in [2.75, 3.05) is 6.54 Å². The van der Waals surface area contributed by atoms with Crippen molar-refractivity contribution in [2.24, 2.45) is 5.73 Å². The van der Waals surface area contributed by atoms with Gasteiger partial charge in [0, 0.05) is 18.7 Å². The third-order valence-electron chi connectivity index (χ3n) is 5.05. The number of benzene rings is 2. The molecule has 27 heavy (non-hydrogen) atoms. The van der Waals surface area contributed by atoms with E-state index in [0.717, 1.165) is 31.2 Å². The summed E-state index contributed by atoms with van der Waals surface area (Å²) >= 11 is 0. The van der Waals surface area contributed by atoms with Crippen molar-refractivity contribution in [3.05, 3.63) is 65.7 Å². The number of sulfonamides is 1. The van der Waals surface area contributed by atoms with Gasteiger partial charge in [-0.25, -0.2) is 13.1 Å². The molecule has 0 spiro atoms. The molecule has 0 unspecified atom stereocenters. The zero-order valence-electron chi connectivity index (χ0n) is 15.1. The minimum absolute atomic E-state index is 0.0688. The molecular weight excluding hydrogens is 362 g/mol. The molecule has 1 amide bonds. The van der Waals surface area contributed by atoms with E-state index in [1.807, 2.05) is 30.3 Å². The molecule has 2 aromatic carbocycles. The second kappa shape index (κ2) is 8.21. The van der Waals surface area contributed by atoms with Crippen molar-refractivity contribution in [1.82, 2.24) is 10.0 Å². The van der Waals surface area contributed by atoms with E-state index in [1.54, 1.807) is 12.1 Å². The Morgan fingerprint density at radius 2 is 1.74 bits per heavy atom. The molecule has 1 aliphatic rings. The topological polar surface area (TPSA) is 101 Å². The lowest BCUT2D eigenvalue weighted by Crippen LogP contribution is -2.51. The van der Waals surface area contributed by atoms with Crippen LogP contribution in [-0.2, 0) is 16.6 Å². The maximum absolute atomic E-state index is 12.6. The molecule has 1 saturated carbocycles. The Bertz CT molecular complexity index is 892. The molecule has 0 saturated heterocycles. The Labute approximate surface area is 160 Å². The van der Waals surface area contributed by atoms with E-state index in [4.69, 9.17) is 5.73 Å². The van der Waals surface area contributed by atoms with E-state index in [2.05, 4.69) is 10.0 Å². The highest BCUT2D eigenvalue weighted by Crippen LogP contribution is 2.29. The van der Waals surface area contributed by atoms with Crippen LogP contribution in [0.25, 0.3) is 0 Å². The maximum Gasteiger partial charge on any atom is 0.251 e. The molecular formula is C20H25N3O3S. The van der Waals surface area contributed by atoms with Crippen LogP contribution >= 0.6 is 0 Å². The molecule has 2 aromatic rings. The molecule has 0 bridgehead atoms. The van der Waals surface area contributed by atoms with Crippen LogP contribution in [0.15, 0.2) is 59.5 Å². The van der Waals surface area contributed by atoms with E-state index in [-0.39, 0.29) is 22.9 Å². The minimum atomic E-state index is -3.72. The van der Waals surface area contributed by atoms with Crippen molar-refractivity contribution < 1.29 is 13.2 Å². The molecule has 6 nitrogen and oxygen atoms in total. The fraction of sp³-hybridized carbons (Fsp3) is 0.350. The zero-order valence-corrected chi connectivity index (χ0v) is 16.0. The van der Waals surface area contributed by atoms with Gasteiger partial charge in [0.05, 0.1) is 10.4 Å². The molecule has 144 valence electrons. The lowest BCUT2D eigenvalue weighted by atomic mass is 9.97. The third-order valence-corrected chi connectivity index (χ3v) is 6.44. The van der Waals surface area contributed by atoms with Gasteiger partial charge in [0.15, 0.2) is 0 Å². The van der Waals surface area contributed by atoms with Gasteiger partial charge in [0.1, 0.15) is 0 Å². The summed E-state index contributed by atoms with van der Waals surface area (Å²) in [6.45, 7) is 0.575. The highest BCUT2D eigenvalue weighted by atomic mass is 32.2. The van der Waals surface area contributed by atoms with Crippen molar-refractivity contribution in [3.8, 4) is 0 Å². The molecule has 3 rings (SSSR count). The van der Waals surface area contributed by atoms with Crippen LogP contribution < -0.4 is 15.8 Å². The second-order valence-electron chi connectivity index (χ2n) is 6.98. The predicted octanol–water partition coefficient (Wildman–Crippen LogP) is 2.17. The molecule has 1 aliphatic carbocycles. The van der Waals surface area contributed by atoms with Gasteiger partial charge in [0.25, 0.3) is 5.91 Å². The molecule has 7 heteroatoms. The molecule has 0 radical (unpaired) electrons. The Morgan fingerprint density at radius 3 is 2.41 bits per heavy atom. The monoisotopic (exact) mass is 387 g/mol. The van der Waals surface area contributed by atoms with Crippen LogP contribution in [0.3, 0.4) is 0 Å². The number of carbonyl (C=O) groups is 1. The minimum Gasteiger partial charge on any atom is -0.345 e. The second-order valence-corrected chi connectivity index (χ2v) is 8.75. The van der Waals surface area contributed by atoms with Gasteiger partial charge in [-0.05, 0) is 36.6 Å². The largest absolute Gasteiger partial charge is 0.345 e. The maximum atomic E-state index is 12.6. The molecule has 0 atom stereocenters. The van der Waals surface area contributed by atoms with Gasteiger partial charge in [-0.3, -0.25) is 4.79 Å². The number of rotatable bonds is 7. The lowest BCUT2D eigenvalue weighted by molar-refractivity contribution is 0.0903. The average Bonchev–Trinajstić information content (AvgIpc) is 3.16. The van der Waals surface area contributed by atoms with Gasteiger partial charge in [-0.2, -0.15) is 0 Å². The van der Waals surface area contributed by atoms with E-state index < -0.39 is 10.0 Å². The van der Waals surface area contributed by atoms with Gasteiger partial charge in [-0.15, -0.1) is 0 Å². The Balaban J connectivity index is 1.73. The predicted molar refractivity (Wildman–Crippen MR) is 105 cm³/mol. The van der Waals surface area contributed by atoms with E-state index in [9.17, 15) is 13.2 Å². The van der Waals surface area contributed by atoms with Crippen LogP contribution in [0.5, 0.6) is 0 Å². The van der Waals surface area contributed by atoms with Crippen LogP contribution in [-0.4, -0.2) is 26.4 Å². The number of hydrogen-bond acceptors (Lipinski definition) is 4. The quantitative estimate of drug-likeness (QED) is 0.678. The first-order chi connectivity index (χ1) is 12.9. The Hall–Kier alpha value is -2.22. The molecule has 4 N–H and O–H groups in total. The number of hydrogen-bond donors (Lipinski definition) is 3. The molecule has 0 aromatic heterocycles. The highest BCUT2D eigenvalue weighted by Gasteiger charge is 2.34. The first kappa shape index (κ1) is 19.5. The van der Waals surface area contributed by atoms with E-state index in [1.165, 1.54) is 12.1 Å². The van der Waals surface area contributed by atoms with Gasteiger partial charge >= 0.3 is 0 Å². The summed E-state index contributed by atoms with van der Waals surface area (Å²) in [6, 6.07) is 15.4. The highest BCUT2D eigenvalue weighted by molar-refractivity contribution is 7.89. The summed E-state index contributed by atoms with van der Waals surface area (Å²) in [5, 5.41) is 3.02. The zero-order chi connectivity index (χ0) is 19.3. The van der Waals surface area contributed by atoms with Crippen molar-refractivity contribution >= 4 is 15.9 Å². The first-order valence-electron chi connectivity index (χ1n) is 9.10. The summed E-state index contributed by atoms with van der Waals surface area (Å²) in [4.78, 5) is 12.7. The lowest BCUT2D eigenvalue weighted by Gasteiger charge is -2.28. The normalized spacial score (nSPS) is 16.2. The van der Waals surface area contributed by atoms with E-state index >= 15 is 0 Å². The van der Waals surface area contributed by atoms with Crippen LogP contribution in [0.2, 0.25) is 0 Å². The number of nitrogens with one attached hydrogen (secondary N) is 2.